The van der Waals surface area contributed by atoms with E-state index in [1.807, 2.05) is 24.3 Å². The zero-order chi connectivity index (χ0) is 14.8. The van der Waals surface area contributed by atoms with E-state index in [0.717, 1.165) is 4.90 Å². The first-order valence-electron chi connectivity index (χ1n) is 6.29. The van der Waals surface area contributed by atoms with E-state index in [4.69, 9.17) is 17.3 Å². The number of nitrogens with one attached hydrogen (secondary N) is 1. The van der Waals surface area contributed by atoms with Crippen LogP contribution in [0.3, 0.4) is 0 Å². The Hall–Kier alpha value is -1.98. The zero-order valence-electron chi connectivity index (χ0n) is 11.0. The molecule has 0 saturated heterocycles. The van der Waals surface area contributed by atoms with Gasteiger partial charge in [-0.05, 0) is 30.3 Å². The van der Waals surface area contributed by atoms with Crippen molar-refractivity contribution in [2.45, 2.75) is 10.6 Å². The molecule has 0 saturated carbocycles. The predicted octanol–water partition coefficient (Wildman–Crippen LogP) is 3.45. The Bertz CT molecular complexity index is 863. The van der Waals surface area contributed by atoms with Gasteiger partial charge in [0.1, 0.15) is 5.82 Å². The number of anilines is 1. The fourth-order valence-corrected chi connectivity index (χ4v) is 3.12. The van der Waals surface area contributed by atoms with Crippen LogP contribution in [0, 0.1) is 0 Å². The van der Waals surface area contributed by atoms with E-state index in [2.05, 4.69) is 9.97 Å². The predicted molar refractivity (Wildman–Crippen MR) is 87.8 cm³/mol. The van der Waals surface area contributed by atoms with Gasteiger partial charge in [0.2, 0.25) is 0 Å². The molecule has 4 nitrogen and oxygen atoms in total. The number of aromatic nitrogens is 2. The molecule has 0 aliphatic carbocycles. The first-order valence-corrected chi connectivity index (χ1v) is 7.65. The summed E-state index contributed by atoms with van der Waals surface area (Å²) in [5.74, 6) is 1.13. The molecule has 1 aromatic heterocycles. The normalized spacial score (nSPS) is 10.9. The maximum absolute atomic E-state index is 12.0. The summed E-state index contributed by atoms with van der Waals surface area (Å²) >= 11 is 7.61. The third-order valence-corrected chi connectivity index (χ3v) is 4.49. The molecule has 21 heavy (non-hydrogen) atoms. The molecule has 0 aliphatic rings. The Morgan fingerprint density at radius 2 is 2.05 bits per heavy atom. The summed E-state index contributed by atoms with van der Waals surface area (Å²) in [4.78, 5) is 20.1. The van der Waals surface area contributed by atoms with E-state index in [-0.39, 0.29) is 5.56 Å². The Balaban J connectivity index is 1.88. The number of rotatable bonds is 3. The van der Waals surface area contributed by atoms with Crippen LogP contribution in [-0.2, 0) is 5.75 Å². The lowest BCUT2D eigenvalue weighted by Gasteiger charge is -2.06. The van der Waals surface area contributed by atoms with Gasteiger partial charge in [0.15, 0.2) is 0 Å². The Kier molecular flexibility index (Phi) is 3.86. The van der Waals surface area contributed by atoms with Gasteiger partial charge in [0.25, 0.3) is 5.56 Å². The number of hydrogen-bond acceptors (Lipinski definition) is 4. The first-order chi connectivity index (χ1) is 10.1. The molecule has 0 radical (unpaired) electrons. The van der Waals surface area contributed by atoms with Crippen LogP contribution in [0.25, 0.3) is 10.9 Å². The number of nitrogen functional groups attached to an aromatic ring is 1. The quantitative estimate of drug-likeness (QED) is 0.573. The minimum atomic E-state index is -0.130. The standard InChI is InChI=1S/C15H12ClN3OS/c16-11-6-5-9(17)7-13(11)21-8-14-18-12-4-2-1-3-10(12)15(20)19-14/h1-7H,8,17H2,(H,18,19,20). The van der Waals surface area contributed by atoms with Crippen molar-refractivity contribution in [2.24, 2.45) is 0 Å². The summed E-state index contributed by atoms with van der Waals surface area (Å²) in [7, 11) is 0. The number of fused-ring (bicyclic) bond motifs is 1. The molecule has 3 N–H and O–H groups in total. The highest BCUT2D eigenvalue weighted by Crippen LogP contribution is 2.30. The first kappa shape index (κ1) is 14.0. The number of aromatic amines is 1. The Morgan fingerprint density at radius 1 is 1.24 bits per heavy atom. The van der Waals surface area contributed by atoms with Gasteiger partial charge in [-0.1, -0.05) is 23.7 Å². The summed E-state index contributed by atoms with van der Waals surface area (Å²) in [6, 6.07) is 12.6. The number of hydrogen-bond donors (Lipinski definition) is 2. The lowest BCUT2D eigenvalue weighted by atomic mass is 10.2. The van der Waals surface area contributed by atoms with Crippen molar-refractivity contribution in [3.05, 3.63) is 63.7 Å². The Morgan fingerprint density at radius 3 is 2.90 bits per heavy atom. The number of para-hydroxylation sites is 1. The highest BCUT2D eigenvalue weighted by Gasteiger charge is 2.06. The van der Waals surface area contributed by atoms with E-state index >= 15 is 0 Å². The monoisotopic (exact) mass is 317 g/mol. The highest BCUT2D eigenvalue weighted by atomic mass is 35.5. The van der Waals surface area contributed by atoms with Gasteiger partial charge in [-0.15, -0.1) is 11.8 Å². The van der Waals surface area contributed by atoms with Gasteiger partial charge < -0.3 is 10.7 Å². The van der Waals surface area contributed by atoms with Crippen LogP contribution >= 0.6 is 23.4 Å². The van der Waals surface area contributed by atoms with Crippen LogP contribution in [0.15, 0.2) is 52.2 Å². The van der Waals surface area contributed by atoms with Crippen molar-refractivity contribution in [1.29, 1.82) is 0 Å². The second-order valence-corrected chi connectivity index (χ2v) is 5.93. The molecule has 2 aromatic carbocycles. The van der Waals surface area contributed by atoms with Gasteiger partial charge >= 0.3 is 0 Å². The third kappa shape index (κ3) is 3.04. The molecule has 0 fully saturated rings. The number of nitrogens with zero attached hydrogens (tertiary/aromatic N) is 1. The highest BCUT2D eigenvalue weighted by molar-refractivity contribution is 7.98. The SMILES string of the molecule is Nc1ccc(Cl)c(SCc2nc3ccccc3c(=O)[nH]2)c1. The topological polar surface area (TPSA) is 71.8 Å². The van der Waals surface area contributed by atoms with E-state index in [9.17, 15) is 4.79 Å². The van der Waals surface area contributed by atoms with Gasteiger partial charge in [0, 0.05) is 10.6 Å². The molecule has 0 aliphatic heterocycles. The fraction of sp³-hybridized carbons (Fsp3) is 0.0667. The van der Waals surface area contributed by atoms with E-state index in [1.165, 1.54) is 11.8 Å². The van der Waals surface area contributed by atoms with Crippen molar-refractivity contribution in [2.75, 3.05) is 5.73 Å². The molecule has 3 rings (SSSR count). The van der Waals surface area contributed by atoms with Crippen molar-refractivity contribution in [1.82, 2.24) is 9.97 Å². The van der Waals surface area contributed by atoms with Crippen LogP contribution in [0.2, 0.25) is 5.02 Å². The maximum Gasteiger partial charge on any atom is 0.258 e. The summed E-state index contributed by atoms with van der Waals surface area (Å²) < 4.78 is 0. The van der Waals surface area contributed by atoms with E-state index < -0.39 is 0 Å². The van der Waals surface area contributed by atoms with Crippen LogP contribution in [0.4, 0.5) is 5.69 Å². The molecule has 0 spiro atoms. The van der Waals surface area contributed by atoms with Gasteiger partial charge in [-0.3, -0.25) is 4.79 Å². The molecule has 106 valence electrons. The maximum atomic E-state index is 12.0. The minimum absolute atomic E-state index is 0.130. The molecule has 1 heterocycles. The van der Waals surface area contributed by atoms with Crippen molar-refractivity contribution in [3.63, 3.8) is 0 Å². The summed E-state index contributed by atoms with van der Waals surface area (Å²) in [5, 5.41) is 1.23. The summed E-state index contributed by atoms with van der Waals surface area (Å²) in [6.07, 6.45) is 0. The average molecular weight is 318 g/mol. The van der Waals surface area contributed by atoms with Gasteiger partial charge in [-0.2, -0.15) is 0 Å². The number of halogens is 1. The lowest BCUT2D eigenvalue weighted by Crippen LogP contribution is -2.11. The molecule has 0 amide bonds. The molecule has 0 unspecified atom stereocenters. The van der Waals surface area contributed by atoms with E-state index in [1.54, 1.807) is 18.2 Å². The number of H-pyrrole nitrogens is 1. The summed E-state index contributed by atoms with van der Waals surface area (Å²) in [6.45, 7) is 0. The third-order valence-electron chi connectivity index (χ3n) is 2.98. The largest absolute Gasteiger partial charge is 0.399 e. The lowest BCUT2D eigenvalue weighted by molar-refractivity contribution is 1.04. The molecule has 3 aromatic rings. The smallest absolute Gasteiger partial charge is 0.258 e. The van der Waals surface area contributed by atoms with Crippen LogP contribution < -0.4 is 11.3 Å². The minimum Gasteiger partial charge on any atom is -0.399 e. The number of benzene rings is 2. The second kappa shape index (κ2) is 5.79. The Labute approximate surface area is 130 Å². The average Bonchev–Trinajstić information content (AvgIpc) is 2.48. The van der Waals surface area contributed by atoms with Crippen molar-refractivity contribution in [3.8, 4) is 0 Å². The van der Waals surface area contributed by atoms with Gasteiger partial charge in [0.05, 0.1) is 21.7 Å². The molecular weight excluding hydrogens is 306 g/mol. The molecule has 6 heteroatoms. The van der Waals surface area contributed by atoms with Crippen LogP contribution in [0.1, 0.15) is 5.82 Å². The van der Waals surface area contributed by atoms with Crippen LogP contribution in [-0.4, -0.2) is 9.97 Å². The summed E-state index contributed by atoms with van der Waals surface area (Å²) in [5.41, 5.74) is 6.96. The van der Waals surface area contributed by atoms with Crippen molar-refractivity contribution < 1.29 is 0 Å². The zero-order valence-corrected chi connectivity index (χ0v) is 12.5. The van der Waals surface area contributed by atoms with Crippen molar-refractivity contribution >= 4 is 40.0 Å². The number of thioether (sulfide) groups is 1. The molecule has 0 atom stereocenters. The number of nitrogens with two attached hydrogens (primary N) is 1. The molecular formula is C15H12ClN3OS. The van der Waals surface area contributed by atoms with Gasteiger partial charge in [-0.25, -0.2) is 4.98 Å². The molecule has 0 bridgehead atoms. The van der Waals surface area contributed by atoms with E-state index in [0.29, 0.717) is 33.2 Å². The fourth-order valence-electron chi connectivity index (χ4n) is 1.98. The second-order valence-electron chi connectivity index (χ2n) is 4.51. The van der Waals surface area contributed by atoms with Crippen LogP contribution in [0.5, 0.6) is 0 Å².